The van der Waals surface area contributed by atoms with E-state index in [2.05, 4.69) is 10.3 Å². The van der Waals surface area contributed by atoms with Crippen LogP contribution in [0.2, 0.25) is 0 Å². The van der Waals surface area contributed by atoms with Gasteiger partial charge in [-0.25, -0.2) is 4.98 Å². The van der Waals surface area contributed by atoms with Crippen molar-refractivity contribution in [1.29, 1.82) is 0 Å². The van der Waals surface area contributed by atoms with Crippen LogP contribution >= 0.6 is 11.8 Å². The van der Waals surface area contributed by atoms with Gasteiger partial charge in [-0.1, -0.05) is 72.4 Å². The van der Waals surface area contributed by atoms with E-state index < -0.39 is 18.0 Å². The molecule has 158 valence electrons. The second-order valence-electron chi connectivity index (χ2n) is 6.78. The quantitative estimate of drug-likeness (QED) is 0.511. The lowest BCUT2D eigenvalue weighted by Crippen LogP contribution is -2.32. The SMILES string of the molecule is CC(Sc1ncc(-c2ccccc2)n1CC(F)(F)F)C(=O)NCCc1ccccc1. The number of imidazole rings is 1. The number of hydrogen-bond acceptors (Lipinski definition) is 3. The van der Waals surface area contributed by atoms with Gasteiger partial charge in [-0.2, -0.15) is 13.2 Å². The van der Waals surface area contributed by atoms with Gasteiger partial charge in [0.2, 0.25) is 5.91 Å². The van der Waals surface area contributed by atoms with Crippen molar-refractivity contribution in [2.45, 2.75) is 36.5 Å². The van der Waals surface area contributed by atoms with Gasteiger partial charge in [0, 0.05) is 6.54 Å². The summed E-state index contributed by atoms with van der Waals surface area (Å²) in [6, 6.07) is 18.5. The average Bonchev–Trinajstić information content (AvgIpc) is 3.09. The molecule has 1 amide bonds. The largest absolute Gasteiger partial charge is 0.406 e. The molecule has 1 unspecified atom stereocenters. The molecule has 3 rings (SSSR count). The average molecular weight is 433 g/mol. The fourth-order valence-corrected chi connectivity index (χ4v) is 3.86. The summed E-state index contributed by atoms with van der Waals surface area (Å²) < 4.78 is 40.7. The van der Waals surface area contributed by atoms with Gasteiger partial charge in [-0.3, -0.25) is 4.79 Å². The fourth-order valence-electron chi connectivity index (χ4n) is 2.95. The molecule has 0 aliphatic rings. The van der Waals surface area contributed by atoms with Crippen molar-refractivity contribution >= 4 is 17.7 Å². The van der Waals surface area contributed by atoms with Crippen LogP contribution in [-0.4, -0.2) is 33.4 Å². The highest BCUT2D eigenvalue weighted by Gasteiger charge is 2.31. The van der Waals surface area contributed by atoms with Crippen LogP contribution in [0.15, 0.2) is 72.0 Å². The van der Waals surface area contributed by atoms with E-state index in [1.165, 1.54) is 6.20 Å². The maximum absolute atomic E-state index is 13.2. The van der Waals surface area contributed by atoms with Crippen molar-refractivity contribution in [3.05, 3.63) is 72.4 Å². The number of nitrogens with one attached hydrogen (secondary N) is 1. The Bertz CT molecular complexity index is 959. The lowest BCUT2D eigenvalue weighted by Gasteiger charge is -2.16. The summed E-state index contributed by atoms with van der Waals surface area (Å²) in [4.78, 5) is 16.6. The lowest BCUT2D eigenvalue weighted by molar-refractivity contribution is -0.141. The molecular formula is C22H22F3N3OS. The molecule has 0 radical (unpaired) electrons. The van der Waals surface area contributed by atoms with Crippen molar-refractivity contribution < 1.29 is 18.0 Å². The van der Waals surface area contributed by atoms with Crippen LogP contribution in [0.4, 0.5) is 13.2 Å². The monoisotopic (exact) mass is 433 g/mol. The number of nitrogens with zero attached hydrogens (tertiary/aromatic N) is 2. The van der Waals surface area contributed by atoms with Crippen molar-refractivity contribution in [3.63, 3.8) is 0 Å². The van der Waals surface area contributed by atoms with E-state index in [0.717, 1.165) is 21.9 Å². The molecule has 3 aromatic rings. The Balaban J connectivity index is 1.68. The number of hydrogen-bond donors (Lipinski definition) is 1. The number of halogens is 3. The summed E-state index contributed by atoms with van der Waals surface area (Å²) in [5.41, 5.74) is 2.11. The summed E-state index contributed by atoms with van der Waals surface area (Å²) in [6.07, 6.45) is -2.30. The van der Waals surface area contributed by atoms with Crippen LogP contribution in [0.3, 0.4) is 0 Å². The molecular weight excluding hydrogens is 411 g/mol. The topological polar surface area (TPSA) is 46.9 Å². The zero-order valence-electron chi connectivity index (χ0n) is 16.4. The Morgan fingerprint density at radius 3 is 2.37 bits per heavy atom. The van der Waals surface area contributed by atoms with E-state index in [1.807, 2.05) is 30.3 Å². The number of carbonyl (C=O) groups excluding carboxylic acids is 1. The Morgan fingerprint density at radius 1 is 1.10 bits per heavy atom. The number of amides is 1. The second kappa shape index (κ2) is 9.84. The molecule has 0 spiro atoms. The van der Waals surface area contributed by atoms with Gasteiger partial charge in [0.25, 0.3) is 0 Å². The number of thioether (sulfide) groups is 1. The maximum Gasteiger partial charge on any atom is 0.406 e. The third-order valence-corrected chi connectivity index (χ3v) is 5.54. The number of benzene rings is 2. The zero-order valence-corrected chi connectivity index (χ0v) is 17.2. The van der Waals surface area contributed by atoms with Gasteiger partial charge in [0.15, 0.2) is 5.16 Å². The van der Waals surface area contributed by atoms with Crippen LogP contribution in [0.1, 0.15) is 12.5 Å². The van der Waals surface area contributed by atoms with Crippen molar-refractivity contribution in [2.24, 2.45) is 0 Å². The van der Waals surface area contributed by atoms with Crippen LogP contribution in [-0.2, 0) is 17.8 Å². The molecule has 0 saturated heterocycles. The van der Waals surface area contributed by atoms with Gasteiger partial charge in [0.05, 0.1) is 17.1 Å². The molecule has 2 aromatic carbocycles. The predicted octanol–water partition coefficient (Wildman–Crippen LogP) is 4.95. The van der Waals surface area contributed by atoms with Gasteiger partial charge < -0.3 is 9.88 Å². The van der Waals surface area contributed by atoms with Crippen molar-refractivity contribution in [1.82, 2.24) is 14.9 Å². The number of rotatable bonds is 8. The second-order valence-corrected chi connectivity index (χ2v) is 8.09. The Morgan fingerprint density at radius 2 is 1.73 bits per heavy atom. The first-order valence-corrected chi connectivity index (χ1v) is 10.4. The summed E-state index contributed by atoms with van der Waals surface area (Å²) >= 11 is 1.02. The first-order valence-electron chi connectivity index (χ1n) is 9.49. The molecule has 4 nitrogen and oxygen atoms in total. The van der Waals surface area contributed by atoms with Crippen LogP contribution in [0.25, 0.3) is 11.3 Å². The van der Waals surface area contributed by atoms with E-state index in [4.69, 9.17) is 0 Å². The predicted molar refractivity (Wildman–Crippen MR) is 112 cm³/mol. The van der Waals surface area contributed by atoms with Crippen LogP contribution < -0.4 is 5.32 Å². The normalized spacial score (nSPS) is 12.5. The zero-order chi connectivity index (χ0) is 21.6. The smallest absolute Gasteiger partial charge is 0.355 e. The van der Waals surface area contributed by atoms with E-state index in [0.29, 0.717) is 24.2 Å². The standard InChI is InChI=1S/C22H22F3N3OS/c1-16(20(29)26-13-12-17-8-4-2-5-9-17)30-21-27-14-19(18-10-6-3-7-11-18)28(21)15-22(23,24)25/h2-11,14,16H,12-13,15H2,1H3,(H,26,29). The van der Waals surface area contributed by atoms with E-state index in [1.54, 1.807) is 37.3 Å². The molecule has 1 heterocycles. The van der Waals surface area contributed by atoms with Crippen LogP contribution in [0.5, 0.6) is 0 Å². The maximum atomic E-state index is 13.2. The van der Waals surface area contributed by atoms with Crippen molar-refractivity contribution in [2.75, 3.05) is 6.54 Å². The van der Waals surface area contributed by atoms with Gasteiger partial charge in [-0.05, 0) is 24.5 Å². The molecule has 30 heavy (non-hydrogen) atoms. The first-order chi connectivity index (χ1) is 14.3. The molecule has 8 heteroatoms. The molecule has 0 aliphatic heterocycles. The third kappa shape index (κ3) is 6.13. The van der Waals surface area contributed by atoms with E-state index in [9.17, 15) is 18.0 Å². The minimum absolute atomic E-state index is 0.164. The lowest BCUT2D eigenvalue weighted by atomic mass is 10.1. The molecule has 0 saturated carbocycles. The van der Waals surface area contributed by atoms with Crippen molar-refractivity contribution in [3.8, 4) is 11.3 Å². The molecule has 0 aliphatic carbocycles. The minimum atomic E-state index is -4.40. The van der Waals surface area contributed by atoms with E-state index >= 15 is 0 Å². The number of alkyl halides is 3. The molecule has 1 N–H and O–H groups in total. The summed E-state index contributed by atoms with van der Waals surface area (Å²) in [5.74, 6) is -0.237. The van der Waals surface area contributed by atoms with Gasteiger partial charge in [-0.15, -0.1) is 0 Å². The molecule has 0 bridgehead atoms. The Kier molecular flexibility index (Phi) is 7.20. The minimum Gasteiger partial charge on any atom is -0.355 e. The first kappa shape index (κ1) is 22.0. The number of aromatic nitrogens is 2. The van der Waals surface area contributed by atoms with Crippen LogP contribution in [0, 0.1) is 0 Å². The molecule has 1 aromatic heterocycles. The highest BCUT2D eigenvalue weighted by atomic mass is 32.2. The fraction of sp³-hybridized carbons (Fsp3) is 0.273. The molecule has 1 atom stereocenters. The number of carbonyl (C=O) groups is 1. The highest BCUT2D eigenvalue weighted by Crippen LogP contribution is 2.31. The van der Waals surface area contributed by atoms with Gasteiger partial charge >= 0.3 is 6.18 Å². The molecule has 0 fully saturated rings. The van der Waals surface area contributed by atoms with E-state index in [-0.39, 0.29) is 11.1 Å². The summed E-state index contributed by atoms with van der Waals surface area (Å²) in [7, 11) is 0. The highest BCUT2D eigenvalue weighted by molar-refractivity contribution is 8.00. The van der Waals surface area contributed by atoms with Gasteiger partial charge in [0.1, 0.15) is 6.54 Å². The third-order valence-electron chi connectivity index (χ3n) is 4.43. The summed E-state index contributed by atoms with van der Waals surface area (Å²) in [6.45, 7) is 0.958. The Labute approximate surface area is 177 Å². The summed E-state index contributed by atoms with van der Waals surface area (Å²) in [5, 5.41) is 2.42. The Hall–Kier alpha value is -2.74.